The van der Waals surface area contributed by atoms with Crippen molar-refractivity contribution >= 4 is 33.2 Å². The summed E-state index contributed by atoms with van der Waals surface area (Å²) >= 11 is 5.00. The van der Waals surface area contributed by atoms with Crippen LogP contribution in [0.5, 0.6) is 0 Å². The Kier molecular flexibility index (Phi) is 5.19. The summed E-state index contributed by atoms with van der Waals surface area (Å²) in [5.74, 6) is 0.600. The average Bonchev–Trinajstić information content (AvgIpc) is 2.66. The highest BCUT2D eigenvalue weighted by Crippen LogP contribution is 2.08. The monoisotopic (exact) mass is 275 g/mol. The molecule has 1 N–H and O–H groups in total. The Morgan fingerprint density at radius 1 is 1.71 bits per heavy atom. The third-order valence-electron chi connectivity index (χ3n) is 1.83. The minimum atomic E-state index is 0.111. The topological polar surface area (TPSA) is 29.1 Å². The van der Waals surface area contributed by atoms with Gasteiger partial charge in [0.15, 0.2) is 0 Å². The highest BCUT2D eigenvalue weighted by atomic mass is 79.9. The molecule has 0 fully saturated rings. The number of nitrogens with one attached hydrogen (secondary N) is 1. The lowest BCUT2D eigenvalue weighted by Crippen LogP contribution is -2.29. The van der Waals surface area contributed by atoms with Gasteiger partial charge in [-0.2, -0.15) is 0 Å². The Hall–Kier alpha value is -0.350. The number of hydrogen-bond donors (Lipinski definition) is 1. The Balaban J connectivity index is 2.23. The first-order valence-electron chi connectivity index (χ1n) is 4.57. The van der Waals surface area contributed by atoms with Gasteiger partial charge in [0.05, 0.1) is 6.42 Å². The van der Waals surface area contributed by atoms with Crippen LogP contribution < -0.4 is 5.32 Å². The zero-order valence-corrected chi connectivity index (χ0v) is 10.5. The first-order chi connectivity index (χ1) is 6.72. The van der Waals surface area contributed by atoms with Crippen LogP contribution >= 0.6 is 27.3 Å². The van der Waals surface area contributed by atoms with Crippen LogP contribution in [0.4, 0.5) is 0 Å². The lowest BCUT2D eigenvalue weighted by Gasteiger charge is -2.08. The van der Waals surface area contributed by atoms with Gasteiger partial charge in [-0.25, -0.2) is 0 Å². The summed E-state index contributed by atoms with van der Waals surface area (Å²) in [6, 6.07) is 3.95. The van der Waals surface area contributed by atoms with Gasteiger partial charge in [0.1, 0.15) is 0 Å². The van der Waals surface area contributed by atoms with Crippen molar-refractivity contribution in [2.75, 3.05) is 11.9 Å². The summed E-state index contributed by atoms with van der Waals surface area (Å²) in [5.41, 5.74) is 0. The van der Waals surface area contributed by atoms with Crippen LogP contribution in [0.3, 0.4) is 0 Å². The summed E-state index contributed by atoms with van der Waals surface area (Å²) < 4.78 is 0. The van der Waals surface area contributed by atoms with Crippen molar-refractivity contribution in [3.8, 4) is 0 Å². The summed E-state index contributed by atoms with van der Waals surface area (Å²) in [6.07, 6.45) is 0.507. The third kappa shape index (κ3) is 4.24. The molecule has 0 saturated heterocycles. The van der Waals surface area contributed by atoms with E-state index in [1.807, 2.05) is 17.5 Å². The molecule has 2 nitrogen and oxygen atoms in total. The normalized spacial score (nSPS) is 12.4. The van der Waals surface area contributed by atoms with Gasteiger partial charge in [0, 0.05) is 16.8 Å². The van der Waals surface area contributed by atoms with E-state index in [2.05, 4.69) is 28.2 Å². The Labute approximate surface area is 96.8 Å². The Bertz CT molecular complexity index is 274. The van der Waals surface area contributed by atoms with E-state index in [0.29, 0.717) is 12.3 Å². The molecule has 1 aromatic rings. The van der Waals surface area contributed by atoms with Crippen molar-refractivity contribution in [1.82, 2.24) is 5.32 Å². The van der Waals surface area contributed by atoms with E-state index in [0.717, 1.165) is 16.8 Å². The van der Waals surface area contributed by atoms with Crippen LogP contribution in [0.1, 0.15) is 11.8 Å². The van der Waals surface area contributed by atoms with Crippen molar-refractivity contribution in [2.24, 2.45) is 5.92 Å². The Morgan fingerprint density at radius 2 is 2.50 bits per heavy atom. The van der Waals surface area contributed by atoms with Crippen LogP contribution in [0.25, 0.3) is 0 Å². The van der Waals surface area contributed by atoms with E-state index in [-0.39, 0.29) is 5.91 Å². The highest BCUT2D eigenvalue weighted by molar-refractivity contribution is 9.09. The maximum atomic E-state index is 11.4. The van der Waals surface area contributed by atoms with Gasteiger partial charge in [-0.05, 0) is 17.4 Å². The molecule has 4 heteroatoms. The molecule has 0 aliphatic rings. The molecule has 0 spiro atoms. The molecule has 0 radical (unpaired) electrons. The van der Waals surface area contributed by atoms with E-state index in [1.54, 1.807) is 11.3 Å². The van der Waals surface area contributed by atoms with Gasteiger partial charge in [-0.3, -0.25) is 4.79 Å². The molecule has 0 saturated carbocycles. The molecule has 1 rings (SSSR count). The second-order valence-corrected chi connectivity index (χ2v) is 5.00. The number of hydrogen-bond acceptors (Lipinski definition) is 2. The first-order valence-corrected chi connectivity index (χ1v) is 6.57. The van der Waals surface area contributed by atoms with Gasteiger partial charge in [0.25, 0.3) is 0 Å². The van der Waals surface area contributed by atoms with Gasteiger partial charge < -0.3 is 5.32 Å². The summed E-state index contributed by atoms with van der Waals surface area (Å²) in [5, 5.41) is 5.82. The molecule has 0 aromatic carbocycles. The minimum absolute atomic E-state index is 0.111. The molecule has 0 bridgehead atoms. The van der Waals surface area contributed by atoms with Crippen molar-refractivity contribution in [3.05, 3.63) is 22.4 Å². The van der Waals surface area contributed by atoms with Crippen LogP contribution in [0.2, 0.25) is 0 Å². The first kappa shape index (κ1) is 11.7. The van der Waals surface area contributed by atoms with E-state index in [1.165, 1.54) is 0 Å². The van der Waals surface area contributed by atoms with Crippen molar-refractivity contribution in [1.29, 1.82) is 0 Å². The number of halogens is 1. The van der Waals surface area contributed by atoms with Crippen LogP contribution in [0, 0.1) is 5.92 Å². The van der Waals surface area contributed by atoms with E-state index in [4.69, 9.17) is 0 Å². The molecule has 14 heavy (non-hydrogen) atoms. The SMILES string of the molecule is CC(CBr)CNC(=O)Cc1cccs1. The van der Waals surface area contributed by atoms with Crippen molar-refractivity contribution < 1.29 is 4.79 Å². The largest absolute Gasteiger partial charge is 0.355 e. The van der Waals surface area contributed by atoms with Gasteiger partial charge >= 0.3 is 0 Å². The fourth-order valence-electron chi connectivity index (χ4n) is 0.977. The number of amides is 1. The van der Waals surface area contributed by atoms with Gasteiger partial charge in [0.2, 0.25) is 5.91 Å². The minimum Gasteiger partial charge on any atom is -0.355 e. The molecule has 78 valence electrons. The third-order valence-corrected chi connectivity index (χ3v) is 3.81. The van der Waals surface area contributed by atoms with E-state index < -0.39 is 0 Å². The molecule has 1 amide bonds. The van der Waals surface area contributed by atoms with Gasteiger partial charge in [-0.15, -0.1) is 11.3 Å². The van der Waals surface area contributed by atoms with E-state index >= 15 is 0 Å². The number of alkyl halides is 1. The summed E-state index contributed by atoms with van der Waals surface area (Å²) in [7, 11) is 0. The van der Waals surface area contributed by atoms with Crippen molar-refractivity contribution in [3.63, 3.8) is 0 Å². The number of carbonyl (C=O) groups is 1. The lowest BCUT2D eigenvalue weighted by atomic mass is 10.2. The number of carbonyl (C=O) groups excluding carboxylic acids is 1. The van der Waals surface area contributed by atoms with Crippen LogP contribution in [-0.4, -0.2) is 17.8 Å². The fourth-order valence-corrected chi connectivity index (χ4v) is 1.91. The lowest BCUT2D eigenvalue weighted by molar-refractivity contribution is -0.120. The fraction of sp³-hybridized carbons (Fsp3) is 0.500. The summed E-state index contributed by atoms with van der Waals surface area (Å²) in [4.78, 5) is 12.5. The quantitative estimate of drug-likeness (QED) is 0.822. The predicted octanol–water partition coefficient (Wildman–Crippen LogP) is 2.44. The van der Waals surface area contributed by atoms with Gasteiger partial charge in [-0.1, -0.05) is 28.9 Å². The second kappa shape index (κ2) is 6.19. The molecule has 1 atom stereocenters. The number of rotatable bonds is 5. The molecule has 1 aromatic heterocycles. The number of thiophene rings is 1. The smallest absolute Gasteiger partial charge is 0.225 e. The zero-order chi connectivity index (χ0) is 10.4. The van der Waals surface area contributed by atoms with Crippen molar-refractivity contribution in [2.45, 2.75) is 13.3 Å². The maximum Gasteiger partial charge on any atom is 0.225 e. The Morgan fingerprint density at radius 3 is 3.07 bits per heavy atom. The zero-order valence-electron chi connectivity index (χ0n) is 8.13. The highest BCUT2D eigenvalue weighted by Gasteiger charge is 2.05. The van der Waals surface area contributed by atoms with Crippen LogP contribution in [-0.2, 0) is 11.2 Å². The molecule has 1 unspecified atom stereocenters. The van der Waals surface area contributed by atoms with Crippen LogP contribution in [0.15, 0.2) is 17.5 Å². The second-order valence-electron chi connectivity index (χ2n) is 3.32. The van der Waals surface area contributed by atoms with E-state index in [9.17, 15) is 4.79 Å². The predicted molar refractivity (Wildman–Crippen MR) is 64.0 cm³/mol. The summed E-state index contributed by atoms with van der Waals surface area (Å²) in [6.45, 7) is 2.84. The average molecular weight is 276 g/mol. The molecule has 0 aliphatic carbocycles. The standard InChI is InChI=1S/C10H14BrNOS/c1-8(6-11)7-12-10(13)5-9-3-2-4-14-9/h2-4,8H,5-7H2,1H3,(H,12,13). The molecular weight excluding hydrogens is 262 g/mol. The molecule has 1 heterocycles. The molecular formula is C10H14BrNOS. The maximum absolute atomic E-state index is 11.4. The molecule has 0 aliphatic heterocycles.